The fraction of sp³-hybridized carbons (Fsp3) is 0.864. The number of nitrogens with one attached hydrogen (secondary N) is 6. The molecule has 0 aliphatic carbocycles. The Morgan fingerprint density at radius 1 is 0.389 bits per heavy atom. The summed E-state index contributed by atoms with van der Waals surface area (Å²) in [5.74, 6) is -0.710. The summed E-state index contributed by atoms with van der Waals surface area (Å²) in [5, 5.41) is 16.1. The minimum absolute atomic E-state index is 0.00308. The average molecular weight is 1080 g/mol. The Morgan fingerprint density at radius 3 is 1.07 bits per heavy atom. The number of carbonyl (C=O) groups is 6. The maximum atomic E-state index is 12.9. The van der Waals surface area contributed by atoms with Crippen LogP contribution in [0.15, 0.2) is 0 Å². The van der Waals surface area contributed by atoms with Crippen LogP contribution in [0.2, 0.25) is 0 Å². The van der Waals surface area contributed by atoms with Crippen molar-refractivity contribution in [3.05, 3.63) is 0 Å². The monoisotopic (exact) mass is 1080 g/mol. The molecule has 4 atom stereocenters. The van der Waals surface area contributed by atoms with Crippen molar-refractivity contribution >= 4 is 51.4 Å². The summed E-state index contributed by atoms with van der Waals surface area (Å²) in [6.07, 6.45) is 7.65. The number of amides is 6. The molecule has 0 spiro atoms. The van der Waals surface area contributed by atoms with Gasteiger partial charge in [-0.2, -0.15) is 0 Å². The third-order valence-corrected chi connectivity index (χ3v) is 11.2. The van der Waals surface area contributed by atoms with Crippen molar-refractivity contribution in [3.63, 3.8) is 0 Å². The highest BCUT2D eigenvalue weighted by atomic mass is 31.2. The lowest BCUT2D eigenvalue weighted by molar-refractivity contribution is -0.124. The number of carbonyl (C=O) groups excluding carboxylic acids is 6. The van der Waals surface area contributed by atoms with Gasteiger partial charge in [-0.25, -0.2) is 19.2 Å². The molecule has 6 amide bonds. The molecule has 0 aliphatic rings. The molecular weight excluding hydrogens is 994 g/mol. The average Bonchev–Trinajstić information content (AvgIpc) is 3.31. The van der Waals surface area contributed by atoms with Gasteiger partial charge in [0.25, 0.3) is 0 Å². The SMILES string of the molecule is COCCOC(=O)N[C@@H](CCCCNC(=O)OCCOCCOCCOC(=O)NCCCC[C@H](NC(=O)OCCOC)C(=O)NCCCCCCCOP(C)(=O)O)C(=O)NCCCCCCCOP(C)(=O)O. The van der Waals surface area contributed by atoms with E-state index in [4.69, 9.17) is 56.7 Å². The molecule has 0 aromatic carbocycles. The molecule has 0 radical (unpaired) electrons. The lowest BCUT2D eigenvalue weighted by Gasteiger charge is -2.18. The number of hydrogen-bond donors (Lipinski definition) is 8. The minimum atomic E-state index is -3.46. The summed E-state index contributed by atoms with van der Waals surface area (Å²) in [4.78, 5) is 92.8. The van der Waals surface area contributed by atoms with E-state index >= 15 is 0 Å². The van der Waals surface area contributed by atoms with Crippen LogP contribution in [0.5, 0.6) is 0 Å². The van der Waals surface area contributed by atoms with Crippen molar-refractivity contribution < 1.29 is 94.6 Å². The predicted octanol–water partition coefficient (Wildman–Crippen LogP) is 4.09. The second-order valence-electron chi connectivity index (χ2n) is 16.4. The quantitative estimate of drug-likeness (QED) is 0.0242. The van der Waals surface area contributed by atoms with E-state index in [1.807, 2.05) is 0 Å². The predicted molar refractivity (Wildman–Crippen MR) is 264 cm³/mol. The van der Waals surface area contributed by atoms with E-state index < -0.39 is 51.6 Å². The maximum Gasteiger partial charge on any atom is 0.407 e. The number of hydrogen-bond acceptors (Lipinski definition) is 18. The first-order valence-electron chi connectivity index (χ1n) is 24.7. The first-order valence-corrected chi connectivity index (χ1v) is 28.8. The maximum absolute atomic E-state index is 12.9. The lowest BCUT2D eigenvalue weighted by Crippen LogP contribution is -2.47. The molecule has 0 bridgehead atoms. The van der Waals surface area contributed by atoms with Gasteiger partial charge in [0.05, 0.1) is 52.9 Å². The van der Waals surface area contributed by atoms with Crippen molar-refractivity contribution in [2.75, 3.05) is 133 Å². The van der Waals surface area contributed by atoms with Gasteiger partial charge in [0.2, 0.25) is 11.8 Å². The molecule has 2 unspecified atom stereocenters. The van der Waals surface area contributed by atoms with Gasteiger partial charge in [0.1, 0.15) is 38.5 Å². The summed E-state index contributed by atoms with van der Waals surface area (Å²) < 4.78 is 72.9. The van der Waals surface area contributed by atoms with E-state index in [9.17, 15) is 37.9 Å². The van der Waals surface area contributed by atoms with E-state index in [0.29, 0.717) is 77.3 Å². The highest BCUT2D eigenvalue weighted by molar-refractivity contribution is 7.52. The van der Waals surface area contributed by atoms with Crippen LogP contribution in [0.25, 0.3) is 0 Å². The molecule has 422 valence electrons. The van der Waals surface area contributed by atoms with E-state index in [2.05, 4.69) is 31.9 Å². The molecule has 0 aliphatic heterocycles. The van der Waals surface area contributed by atoms with Crippen LogP contribution >= 0.6 is 15.2 Å². The fourth-order valence-corrected chi connectivity index (χ4v) is 7.07. The summed E-state index contributed by atoms with van der Waals surface area (Å²) in [5.41, 5.74) is 0. The van der Waals surface area contributed by atoms with Crippen LogP contribution in [-0.4, -0.2) is 191 Å². The van der Waals surface area contributed by atoms with Gasteiger partial charge < -0.3 is 88.6 Å². The summed E-state index contributed by atoms with van der Waals surface area (Å²) in [6, 6.07) is -1.69. The minimum Gasteiger partial charge on any atom is -0.447 e. The normalized spacial score (nSPS) is 13.6. The van der Waals surface area contributed by atoms with Crippen molar-refractivity contribution in [3.8, 4) is 0 Å². The number of rotatable bonds is 47. The smallest absolute Gasteiger partial charge is 0.407 e. The summed E-state index contributed by atoms with van der Waals surface area (Å²) in [6.45, 7) is 5.22. The van der Waals surface area contributed by atoms with Crippen LogP contribution in [0.1, 0.15) is 103 Å². The molecule has 0 aromatic rings. The molecule has 0 aromatic heterocycles. The van der Waals surface area contributed by atoms with Gasteiger partial charge in [-0.05, 0) is 64.2 Å². The Kier molecular flexibility index (Phi) is 43.3. The van der Waals surface area contributed by atoms with E-state index in [-0.39, 0.29) is 104 Å². The Morgan fingerprint density at radius 2 is 0.694 bits per heavy atom. The fourth-order valence-electron chi connectivity index (χ4n) is 6.13. The molecule has 0 fully saturated rings. The summed E-state index contributed by atoms with van der Waals surface area (Å²) in [7, 11) is -3.99. The standard InChI is InChI=1S/C44H86N6O20P2/c1-61-27-33-67-43(55)49-37(39(51)45-21-13-7-5-9-17-25-69-71(3,57)58)19-11-15-23-47-41(53)65-35-31-63-29-30-64-32-36-66-42(54)48-24-16-12-20-38(50-44(56)68-34-28-62-2)40(52)46-22-14-8-6-10-18-26-70-72(4,59)60/h37-38H,5-36H2,1-4H3,(H,45,51)(H,46,52)(H,47,53)(H,48,54)(H,49,55)(H,50,56)(H,57,58)(H,59,60)/t37-,38-/m0/s1. The first kappa shape index (κ1) is 68.2. The number of alkyl carbamates (subject to hydrolysis) is 4. The Hall–Kier alpha value is -3.84. The van der Waals surface area contributed by atoms with Crippen molar-refractivity contribution in [1.82, 2.24) is 31.9 Å². The van der Waals surface area contributed by atoms with Gasteiger partial charge in [-0.1, -0.05) is 38.5 Å². The van der Waals surface area contributed by atoms with Crippen LogP contribution in [-0.2, 0) is 65.7 Å². The largest absolute Gasteiger partial charge is 0.447 e. The van der Waals surface area contributed by atoms with Crippen LogP contribution < -0.4 is 31.9 Å². The molecule has 26 nitrogen and oxygen atoms in total. The van der Waals surface area contributed by atoms with Crippen molar-refractivity contribution in [2.45, 2.75) is 115 Å². The molecule has 0 rings (SSSR count). The topological polar surface area (TPSA) is 341 Å². The zero-order valence-electron chi connectivity index (χ0n) is 42.9. The zero-order chi connectivity index (χ0) is 53.6. The van der Waals surface area contributed by atoms with Gasteiger partial charge in [0.15, 0.2) is 0 Å². The molecule has 0 saturated heterocycles. The van der Waals surface area contributed by atoms with E-state index in [0.717, 1.165) is 51.9 Å². The Labute approximate surface area is 424 Å². The van der Waals surface area contributed by atoms with Gasteiger partial charge >= 0.3 is 39.6 Å². The molecule has 72 heavy (non-hydrogen) atoms. The van der Waals surface area contributed by atoms with Gasteiger partial charge in [0, 0.05) is 53.7 Å². The molecule has 0 saturated carbocycles. The van der Waals surface area contributed by atoms with E-state index in [1.54, 1.807) is 0 Å². The van der Waals surface area contributed by atoms with Crippen molar-refractivity contribution in [2.24, 2.45) is 0 Å². The number of methoxy groups -OCH3 is 2. The lowest BCUT2D eigenvalue weighted by atomic mass is 10.1. The third kappa shape index (κ3) is 47.2. The second-order valence-corrected chi connectivity index (χ2v) is 20.1. The van der Waals surface area contributed by atoms with Gasteiger partial charge in [-0.15, -0.1) is 0 Å². The van der Waals surface area contributed by atoms with Crippen molar-refractivity contribution in [1.29, 1.82) is 0 Å². The highest BCUT2D eigenvalue weighted by Crippen LogP contribution is 2.37. The van der Waals surface area contributed by atoms with Crippen LogP contribution in [0.4, 0.5) is 19.2 Å². The molecule has 8 N–H and O–H groups in total. The Bertz CT molecular complexity index is 1430. The zero-order valence-corrected chi connectivity index (χ0v) is 44.7. The third-order valence-electron chi connectivity index (χ3n) is 9.83. The molecule has 0 heterocycles. The Balaban J connectivity index is 4.19. The highest BCUT2D eigenvalue weighted by Gasteiger charge is 2.22. The van der Waals surface area contributed by atoms with Crippen LogP contribution in [0.3, 0.4) is 0 Å². The second kappa shape index (κ2) is 45.7. The van der Waals surface area contributed by atoms with Gasteiger partial charge in [-0.3, -0.25) is 18.7 Å². The van der Waals surface area contributed by atoms with E-state index in [1.165, 1.54) is 14.2 Å². The molecular formula is C44H86N6O20P2. The first-order chi connectivity index (χ1) is 34.5. The number of unbranched alkanes of at least 4 members (excludes halogenated alkanes) is 10. The summed E-state index contributed by atoms with van der Waals surface area (Å²) >= 11 is 0. The van der Waals surface area contributed by atoms with Crippen LogP contribution in [0, 0.1) is 0 Å². The molecule has 28 heteroatoms. The number of ether oxygens (including phenoxy) is 8.